The molecule has 0 spiro atoms. The van der Waals surface area contributed by atoms with Gasteiger partial charge in [0.25, 0.3) is 0 Å². The third-order valence-corrected chi connectivity index (χ3v) is 18.0. The SMILES string of the molecule is CCC1C(C)OC(COP(=O)(OC)OP(=O)(OC)OP(=O)(OC)OC)C1O.COP(=O)(OC)OP(=O)(OC)OP(=O)(OC)OCC1OC(C)CC1O. The molecule has 2 heterocycles. The van der Waals surface area contributed by atoms with Gasteiger partial charge in [0, 0.05) is 69.2 Å². The molecule has 2 N–H and O–H groups in total. The van der Waals surface area contributed by atoms with E-state index in [1.807, 2.05) is 6.92 Å². The molecule has 0 aromatic rings. The molecule has 52 heavy (non-hydrogen) atoms. The van der Waals surface area contributed by atoms with E-state index in [1.165, 1.54) is 0 Å². The predicted molar refractivity (Wildman–Crippen MR) is 177 cm³/mol. The summed E-state index contributed by atoms with van der Waals surface area (Å²) in [7, 11) is -19.4. The minimum absolute atomic E-state index is 0.121. The van der Waals surface area contributed by atoms with Crippen molar-refractivity contribution in [2.75, 3.05) is 70.1 Å². The normalized spacial score (nSPS) is 30.1. The van der Waals surface area contributed by atoms with E-state index >= 15 is 0 Å². The first-order valence-corrected chi connectivity index (χ1v) is 23.7. The maximum absolute atomic E-state index is 12.6. The van der Waals surface area contributed by atoms with Crippen LogP contribution in [0, 0.1) is 5.92 Å². The molecule has 2 fully saturated rings. The number of hydrogen-bond donors (Lipinski definition) is 2. The summed E-state index contributed by atoms with van der Waals surface area (Å²) in [5, 5.41) is 20.0. The van der Waals surface area contributed by atoms with Gasteiger partial charge >= 0.3 is 46.9 Å². The first-order valence-electron chi connectivity index (χ1n) is 14.9. The Hall–Kier alpha value is 0.660. The molecule has 0 amide bonds. The largest absolute Gasteiger partial charge is 0.492 e. The highest BCUT2D eigenvalue weighted by Crippen LogP contribution is 2.73. The van der Waals surface area contributed by atoms with Crippen molar-refractivity contribution in [1.29, 1.82) is 0 Å². The summed E-state index contributed by atoms with van der Waals surface area (Å²) in [5.41, 5.74) is 0. The Balaban J connectivity index is 0.000000522. The smallest absolute Gasteiger partial charge is 0.390 e. The highest BCUT2D eigenvalue weighted by molar-refractivity contribution is 7.68. The zero-order chi connectivity index (χ0) is 40.2. The van der Waals surface area contributed by atoms with Gasteiger partial charge in [0.15, 0.2) is 0 Å². The quantitative estimate of drug-likeness (QED) is 0.118. The van der Waals surface area contributed by atoms with Crippen LogP contribution in [0.1, 0.15) is 33.6 Å². The summed E-state index contributed by atoms with van der Waals surface area (Å²) in [6.07, 6.45) is -2.68. The highest BCUT2D eigenvalue weighted by atomic mass is 31.3. The van der Waals surface area contributed by atoms with Crippen LogP contribution in [0.25, 0.3) is 0 Å². The topological polar surface area (TPSA) is 291 Å². The number of phosphoric acid groups is 6. The van der Waals surface area contributed by atoms with Crippen LogP contribution in [0.2, 0.25) is 0 Å². The van der Waals surface area contributed by atoms with Gasteiger partial charge in [-0.25, -0.2) is 27.4 Å². The molecule has 0 radical (unpaired) electrons. The van der Waals surface area contributed by atoms with Crippen molar-refractivity contribution in [2.24, 2.45) is 5.92 Å². The molecule has 0 aromatic heterocycles. The van der Waals surface area contributed by atoms with Crippen LogP contribution in [-0.2, 0) is 99.3 Å². The standard InChI is InChI=1S/C12H27O12P3.C10H23O12P3/c1-7-10-9(2)22-11(12(10)13)8-21-26(15,19-5)24-27(16,20-6)23-25(14,17-3)18-4;1-8-6-9(11)10(20-8)7-19-24(13,17-4)22-25(14,18-5)21-23(12,15-2)16-3/h9-13H,7-8H2,1-6H3;8-11H,6-7H2,1-5H3. The number of ether oxygens (including phenoxy) is 2. The monoisotopic (exact) mass is 884 g/mol. The fourth-order valence-corrected chi connectivity index (χ4v) is 13.2. The van der Waals surface area contributed by atoms with Crippen LogP contribution in [0.4, 0.5) is 0 Å². The van der Waals surface area contributed by atoms with E-state index in [2.05, 4.69) is 44.8 Å². The number of rotatable bonds is 23. The van der Waals surface area contributed by atoms with E-state index in [0.717, 1.165) is 56.9 Å². The maximum atomic E-state index is 12.6. The van der Waals surface area contributed by atoms with Gasteiger partial charge in [-0.15, -0.1) is 0 Å². The molecule has 2 saturated heterocycles. The molecule has 0 aliphatic carbocycles. The highest BCUT2D eigenvalue weighted by Gasteiger charge is 2.48. The summed E-state index contributed by atoms with van der Waals surface area (Å²) in [4.78, 5) is 0. The molecule has 11 atom stereocenters. The third kappa shape index (κ3) is 15.2. The van der Waals surface area contributed by atoms with Gasteiger partial charge in [-0.2, -0.15) is 17.2 Å². The molecular formula is C22H50O24P6. The summed E-state index contributed by atoms with van der Waals surface area (Å²) < 4.78 is 150. The van der Waals surface area contributed by atoms with Gasteiger partial charge in [-0.05, 0) is 20.3 Å². The van der Waals surface area contributed by atoms with Gasteiger partial charge < -0.3 is 19.7 Å². The van der Waals surface area contributed by atoms with E-state index in [-0.39, 0.29) is 31.3 Å². The van der Waals surface area contributed by atoms with Crippen molar-refractivity contribution >= 4 is 46.9 Å². The Morgan fingerprint density at radius 2 is 0.885 bits per heavy atom. The number of aliphatic hydroxyl groups is 2. The van der Waals surface area contributed by atoms with E-state index < -0.39 is 71.4 Å². The lowest BCUT2D eigenvalue weighted by Crippen LogP contribution is -2.30. The Labute approximate surface area is 302 Å². The second-order valence-electron chi connectivity index (χ2n) is 10.3. The molecule has 0 saturated carbocycles. The van der Waals surface area contributed by atoms with E-state index in [4.69, 9.17) is 27.1 Å². The van der Waals surface area contributed by atoms with Crippen LogP contribution >= 0.6 is 46.9 Å². The molecule has 2 aliphatic heterocycles. The predicted octanol–water partition coefficient (Wildman–Crippen LogP) is 5.60. The van der Waals surface area contributed by atoms with Gasteiger partial charge in [0.05, 0.1) is 37.6 Å². The van der Waals surface area contributed by atoms with Crippen LogP contribution in [0.3, 0.4) is 0 Å². The van der Waals surface area contributed by atoms with Crippen molar-refractivity contribution in [1.82, 2.24) is 0 Å². The van der Waals surface area contributed by atoms with Crippen molar-refractivity contribution in [3.05, 3.63) is 0 Å². The van der Waals surface area contributed by atoms with E-state index in [9.17, 15) is 37.6 Å². The van der Waals surface area contributed by atoms with Crippen molar-refractivity contribution in [3.8, 4) is 0 Å². The van der Waals surface area contributed by atoms with Crippen molar-refractivity contribution in [2.45, 2.75) is 70.2 Å². The van der Waals surface area contributed by atoms with Gasteiger partial charge in [-0.3, -0.25) is 45.2 Å². The van der Waals surface area contributed by atoms with Crippen LogP contribution in [0.15, 0.2) is 0 Å². The average molecular weight is 884 g/mol. The number of hydrogen-bond acceptors (Lipinski definition) is 24. The lowest BCUT2D eigenvalue weighted by molar-refractivity contribution is -0.0181. The second-order valence-corrected chi connectivity index (χ2v) is 21.7. The first kappa shape index (κ1) is 50.7. The van der Waals surface area contributed by atoms with E-state index in [1.54, 1.807) is 13.8 Å². The third-order valence-electron chi connectivity index (χ3n) is 7.08. The zero-order valence-corrected chi connectivity index (χ0v) is 35.8. The Morgan fingerprint density at radius 1 is 0.538 bits per heavy atom. The molecule has 11 unspecified atom stereocenters. The lowest BCUT2D eigenvalue weighted by atomic mass is 9.95. The van der Waals surface area contributed by atoms with Gasteiger partial charge in [0.1, 0.15) is 12.2 Å². The molecule has 0 aromatic carbocycles. The van der Waals surface area contributed by atoms with Gasteiger partial charge in [0.2, 0.25) is 0 Å². The minimum atomic E-state index is -4.73. The Kier molecular flexibility index (Phi) is 21.4. The minimum Gasteiger partial charge on any atom is -0.390 e. The first-order chi connectivity index (χ1) is 24.0. The summed E-state index contributed by atoms with van der Waals surface area (Å²) >= 11 is 0. The molecule has 312 valence electrons. The molecule has 2 rings (SSSR count). The summed E-state index contributed by atoms with van der Waals surface area (Å²) in [5.74, 6) is -0.121. The van der Waals surface area contributed by atoms with Crippen LogP contribution < -0.4 is 0 Å². The molecule has 0 bridgehead atoms. The molecule has 30 heteroatoms. The summed E-state index contributed by atoms with van der Waals surface area (Å²) in [6, 6.07) is 0. The van der Waals surface area contributed by atoms with E-state index in [0.29, 0.717) is 12.8 Å². The zero-order valence-electron chi connectivity index (χ0n) is 30.4. The fraction of sp³-hybridized carbons (Fsp3) is 1.00. The Morgan fingerprint density at radius 3 is 1.17 bits per heavy atom. The molecular weight excluding hydrogens is 834 g/mol. The molecule has 24 nitrogen and oxygen atoms in total. The van der Waals surface area contributed by atoms with Gasteiger partial charge in [-0.1, -0.05) is 6.92 Å². The van der Waals surface area contributed by atoms with Crippen LogP contribution in [-0.4, -0.2) is 117 Å². The lowest BCUT2D eigenvalue weighted by Gasteiger charge is -2.24. The van der Waals surface area contributed by atoms with Crippen LogP contribution in [0.5, 0.6) is 0 Å². The molecule has 2 aliphatic rings. The maximum Gasteiger partial charge on any atom is 0.492 e. The second kappa shape index (κ2) is 22.0. The Bertz CT molecular complexity index is 1370. The fourth-order valence-electron chi connectivity index (χ4n) is 4.29. The van der Waals surface area contributed by atoms with Crippen molar-refractivity contribution in [3.63, 3.8) is 0 Å². The number of aliphatic hydroxyl groups excluding tert-OH is 2. The summed E-state index contributed by atoms with van der Waals surface area (Å²) in [6.45, 7) is 4.67. The van der Waals surface area contributed by atoms with Crippen molar-refractivity contribution < 1.29 is 110 Å². The average Bonchev–Trinajstić information content (AvgIpc) is 3.59. The number of phosphoric ester groups is 4.